The topological polar surface area (TPSA) is 63.6 Å². The molecule has 0 radical (unpaired) electrons. The zero-order chi connectivity index (χ0) is 9.97. The molecule has 1 N–H and O–H groups in total. The van der Waals surface area contributed by atoms with Crippen molar-refractivity contribution in [2.75, 3.05) is 0 Å². The number of aromatic nitrogens is 4. The van der Waals surface area contributed by atoms with Crippen molar-refractivity contribution in [3.05, 3.63) is 35.0 Å². The van der Waals surface area contributed by atoms with E-state index in [0.29, 0.717) is 17.9 Å². The lowest BCUT2D eigenvalue weighted by molar-refractivity contribution is 0.640. The van der Waals surface area contributed by atoms with Crippen molar-refractivity contribution >= 4 is 0 Å². The minimum absolute atomic E-state index is 0.0480. The second-order valence-electron chi connectivity index (χ2n) is 2.84. The molecule has 2 aromatic heterocycles. The zero-order valence-corrected chi connectivity index (χ0v) is 7.77. The highest BCUT2D eigenvalue weighted by Gasteiger charge is 2.04. The summed E-state index contributed by atoms with van der Waals surface area (Å²) in [7, 11) is 0. The van der Waals surface area contributed by atoms with Crippen molar-refractivity contribution in [3.63, 3.8) is 0 Å². The Morgan fingerprint density at radius 1 is 1.50 bits per heavy atom. The molecular weight excluding hydrogens is 180 g/mol. The molecule has 2 aromatic rings. The summed E-state index contributed by atoms with van der Waals surface area (Å²) in [4.78, 5) is 19.4. The number of H-pyrrole nitrogens is 1. The number of hydrogen-bond donors (Lipinski definition) is 1. The van der Waals surface area contributed by atoms with Gasteiger partial charge in [0.2, 0.25) is 0 Å². The summed E-state index contributed by atoms with van der Waals surface area (Å²) < 4.78 is 1.52. The summed E-state index contributed by atoms with van der Waals surface area (Å²) in [6, 6.07) is 1.52. The van der Waals surface area contributed by atoms with Gasteiger partial charge in [-0.1, -0.05) is 0 Å². The molecule has 0 spiro atoms. The van der Waals surface area contributed by atoms with Crippen molar-refractivity contribution in [3.8, 4) is 11.4 Å². The molecule has 0 aromatic carbocycles. The van der Waals surface area contributed by atoms with Crippen LogP contribution in [0, 0.1) is 0 Å². The van der Waals surface area contributed by atoms with Gasteiger partial charge in [0.1, 0.15) is 5.69 Å². The number of rotatable bonds is 2. The molecule has 2 heterocycles. The van der Waals surface area contributed by atoms with Crippen LogP contribution in [0.15, 0.2) is 29.5 Å². The Bertz CT molecular complexity index is 471. The van der Waals surface area contributed by atoms with Gasteiger partial charge in [-0.25, -0.2) is 0 Å². The minimum Gasteiger partial charge on any atom is -0.293 e. The molecule has 5 heteroatoms. The van der Waals surface area contributed by atoms with E-state index in [1.54, 1.807) is 18.6 Å². The summed E-state index contributed by atoms with van der Waals surface area (Å²) >= 11 is 0. The summed E-state index contributed by atoms with van der Waals surface area (Å²) in [5.41, 5.74) is 1.33. The van der Waals surface area contributed by atoms with E-state index in [-0.39, 0.29) is 5.56 Å². The van der Waals surface area contributed by atoms with Crippen LogP contribution in [0.5, 0.6) is 0 Å². The van der Waals surface area contributed by atoms with Gasteiger partial charge >= 0.3 is 0 Å². The number of nitrogens with one attached hydrogen (secondary N) is 1. The van der Waals surface area contributed by atoms with E-state index in [1.165, 1.54) is 10.7 Å². The van der Waals surface area contributed by atoms with Crippen LogP contribution >= 0.6 is 0 Å². The Morgan fingerprint density at radius 2 is 2.36 bits per heavy atom. The molecule has 0 aliphatic rings. The number of hydrogen-bond acceptors (Lipinski definition) is 3. The van der Waals surface area contributed by atoms with E-state index in [4.69, 9.17) is 0 Å². The highest BCUT2D eigenvalue weighted by molar-refractivity contribution is 5.51. The van der Waals surface area contributed by atoms with Crippen LogP contribution in [0.1, 0.15) is 6.92 Å². The molecule has 0 atom stereocenters. The summed E-state index contributed by atoms with van der Waals surface area (Å²) in [6.07, 6.45) is 4.81. The maximum Gasteiger partial charge on any atom is 0.267 e. The van der Waals surface area contributed by atoms with Crippen LogP contribution < -0.4 is 5.56 Å². The fourth-order valence-electron chi connectivity index (χ4n) is 1.24. The molecule has 0 saturated carbocycles. The van der Waals surface area contributed by atoms with Crippen molar-refractivity contribution < 1.29 is 0 Å². The van der Waals surface area contributed by atoms with Crippen LogP contribution in [-0.4, -0.2) is 19.7 Å². The van der Waals surface area contributed by atoms with Gasteiger partial charge in [0, 0.05) is 25.0 Å². The Kier molecular flexibility index (Phi) is 2.14. The quantitative estimate of drug-likeness (QED) is 0.756. The van der Waals surface area contributed by atoms with Crippen LogP contribution in [0.4, 0.5) is 0 Å². The number of aryl methyl sites for hydroxylation is 1. The van der Waals surface area contributed by atoms with Crippen LogP contribution in [0.2, 0.25) is 0 Å². The van der Waals surface area contributed by atoms with Crippen molar-refractivity contribution in [1.82, 2.24) is 19.7 Å². The molecule has 0 saturated heterocycles. The van der Waals surface area contributed by atoms with Gasteiger partial charge in [-0.05, 0) is 6.92 Å². The predicted octanol–water partition coefficient (Wildman–Crippen LogP) is 0.653. The van der Waals surface area contributed by atoms with Crippen molar-refractivity contribution in [2.24, 2.45) is 0 Å². The molecule has 0 unspecified atom stereocenters. The van der Waals surface area contributed by atoms with E-state index < -0.39 is 0 Å². The average Bonchev–Trinajstić information content (AvgIpc) is 2.61. The first-order valence-corrected chi connectivity index (χ1v) is 4.37. The third-order valence-electron chi connectivity index (χ3n) is 1.94. The van der Waals surface area contributed by atoms with Gasteiger partial charge in [-0.15, -0.1) is 0 Å². The van der Waals surface area contributed by atoms with Gasteiger partial charge < -0.3 is 0 Å². The lowest BCUT2D eigenvalue weighted by atomic mass is 10.3. The smallest absolute Gasteiger partial charge is 0.267 e. The molecule has 72 valence electrons. The normalized spacial score (nSPS) is 10.4. The molecule has 0 bridgehead atoms. The van der Waals surface area contributed by atoms with E-state index in [2.05, 4.69) is 15.1 Å². The molecule has 0 amide bonds. The standard InChI is InChI=1S/C9H10N4O/c1-2-13-9(14)5-7(12-13)8-6-10-3-4-11-8/h3-6,12H,2H2,1H3. The van der Waals surface area contributed by atoms with Crippen molar-refractivity contribution in [1.29, 1.82) is 0 Å². The molecular formula is C9H10N4O. The van der Waals surface area contributed by atoms with Gasteiger partial charge in [0.15, 0.2) is 0 Å². The Balaban J connectivity index is 2.48. The first-order chi connectivity index (χ1) is 6.81. The molecule has 0 aliphatic carbocycles. The SMILES string of the molecule is CCn1[nH]c(-c2cnccn2)cc1=O. The van der Waals surface area contributed by atoms with E-state index in [9.17, 15) is 4.79 Å². The average molecular weight is 190 g/mol. The monoisotopic (exact) mass is 190 g/mol. The highest BCUT2D eigenvalue weighted by Crippen LogP contribution is 2.08. The lowest BCUT2D eigenvalue weighted by Gasteiger charge is -1.95. The molecule has 2 rings (SSSR count). The third-order valence-corrected chi connectivity index (χ3v) is 1.94. The first-order valence-electron chi connectivity index (χ1n) is 4.37. The van der Waals surface area contributed by atoms with Gasteiger partial charge in [0.05, 0.1) is 11.9 Å². The molecule has 0 aliphatic heterocycles. The Hall–Kier alpha value is -1.91. The van der Waals surface area contributed by atoms with Gasteiger partial charge in [-0.3, -0.25) is 24.5 Å². The maximum absolute atomic E-state index is 11.3. The summed E-state index contributed by atoms with van der Waals surface area (Å²) in [6.45, 7) is 2.53. The fraction of sp³-hybridized carbons (Fsp3) is 0.222. The van der Waals surface area contributed by atoms with Crippen LogP contribution in [0.3, 0.4) is 0 Å². The summed E-state index contributed by atoms with van der Waals surface area (Å²) in [5, 5.41) is 2.95. The number of aromatic amines is 1. The molecule has 5 nitrogen and oxygen atoms in total. The van der Waals surface area contributed by atoms with Crippen LogP contribution in [0.25, 0.3) is 11.4 Å². The second-order valence-corrected chi connectivity index (χ2v) is 2.84. The fourth-order valence-corrected chi connectivity index (χ4v) is 1.24. The van der Waals surface area contributed by atoms with Crippen molar-refractivity contribution in [2.45, 2.75) is 13.5 Å². The Labute approximate surface area is 80.4 Å². The van der Waals surface area contributed by atoms with Gasteiger partial charge in [-0.2, -0.15) is 0 Å². The summed E-state index contributed by atoms with van der Waals surface area (Å²) in [5.74, 6) is 0. The molecule has 14 heavy (non-hydrogen) atoms. The lowest BCUT2D eigenvalue weighted by Crippen LogP contribution is -2.13. The highest BCUT2D eigenvalue weighted by atomic mass is 16.1. The van der Waals surface area contributed by atoms with E-state index in [1.807, 2.05) is 6.92 Å². The van der Waals surface area contributed by atoms with E-state index in [0.717, 1.165) is 0 Å². The van der Waals surface area contributed by atoms with Gasteiger partial charge in [0.25, 0.3) is 5.56 Å². The van der Waals surface area contributed by atoms with E-state index >= 15 is 0 Å². The Morgan fingerprint density at radius 3 is 2.93 bits per heavy atom. The van der Waals surface area contributed by atoms with Crippen LogP contribution in [-0.2, 0) is 6.54 Å². The second kappa shape index (κ2) is 3.45. The number of nitrogens with zero attached hydrogens (tertiary/aromatic N) is 3. The first kappa shape index (κ1) is 8.68. The third kappa shape index (κ3) is 1.44. The maximum atomic E-state index is 11.3. The zero-order valence-electron chi connectivity index (χ0n) is 7.77. The predicted molar refractivity (Wildman–Crippen MR) is 51.8 cm³/mol. The molecule has 0 fully saturated rings. The minimum atomic E-state index is -0.0480. The largest absolute Gasteiger partial charge is 0.293 e.